The first kappa shape index (κ1) is 15.9. The van der Waals surface area contributed by atoms with Crippen LogP contribution in [-0.4, -0.2) is 25.1 Å². The summed E-state index contributed by atoms with van der Waals surface area (Å²) in [6, 6.07) is 12.2. The van der Waals surface area contributed by atoms with Crippen LogP contribution in [0.2, 0.25) is 0 Å². The molecule has 7 nitrogen and oxygen atoms in total. The third-order valence-electron chi connectivity index (χ3n) is 4.87. The van der Waals surface area contributed by atoms with Gasteiger partial charge < -0.3 is 15.6 Å². The molecule has 0 unspecified atom stereocenters. The molecule has 1 aliphatic rings. The van der Waals surface area contributed by atoms with Crippen LogP contribution >= 0.6 is 0 Å². The maximum atomic E-state index is 4.54. The molecule has 136 valence electrons. The first-order valence-electron chi connectivity index (χ1n) is 9.27. The summed E-state index contributed by atoms with van der Waals surface area (Å²) >= 11 is 0. The highest BCUT2D eigenvalue weighted by molar-refractivity contribution is 5.83. The van der Waals surface area contributed by atoms with Crippen molar-refractivity contribution in [1.29, 1.82) is 0 Å². The minimum Gasteiger partial charge on any atom is -0.361 e. The molecule has 0 spiro atoms. The van der Waals surface area contributed by atoms with Gasteiger partial charge in [-0.05, 0) is 48.9 Å². The number of rotatable bonds is 7. The Hall–Kier alpha value is -3.35. The molecule has 0 amide bonds. The second-order valence-electron chi connectivity index (χ2n) is 7.03. The number of anilines is 3. The van der Waals surface area contributed by atoms with Crippen molar-refractivity contribution in [3.05, 3.63) is 60.0 Å². The van der Waals surface area contributed by atoms with Crippen molar-refractivity contribution < 1.29 is 0 Å². The lowest BCUT2D eigenvalue weighted by atomic mass is 10.1. The van der Waals surface area contributed by atoms with Gasteiger partial charge in [0.2, 0.25) is 5.95 Å². The van der Waals surface area contributed by atoms with Gasteiger partial charge in [-0.25, -0.2) is 4.98 Å². The second-order valence-corrected chi connectivity index (χ2v) is 7.03. The molecule has 7 heteroatoms. The van der Waals surface area contributed by atoms with Crippen molar-refractivity contribution in [3.63, 3.8) is 0 Å². The summed E-state index contributed by atoms with van der Waals surface area (Å²) in [5.74, 6) is 2.92. The Morgan fingerprint density at radius 2 is 2.07 bits per heavy atom. The van der Waals surface area contributed by atoms with E-state index in [0.717, 1.165) is 29.5 Å². The smallest absolute Gasteiger partial charge is 0.224 e. The Kier molecular flexibility index (Phi) is 3.97. The molecule has 3 aromatic heterocycles. The second kappa shape index (κ2) is 6.75. The van der Waals surface area contributed by atoms with Gasteiger partial charge in [-0.15, -0.1) is 0 Å². The lowest BCUT2D eigenvalue weighted by molar-refractivity contribution is 0.796. The predicted molar refractivity (Wildman–Crippen MR) is 106 cm³/mol. The Morgan fingerprint density at radius 3 is 3.00 bits per heavy atom. The maximum absolute atomic E-state index is 4.54. The van der Waals surface area contributed by atoms with Crippen LogP contribution in [0, 0.1) is 5.92 Å². The van der Waals surface area contributed by atoms with Crippen molar-refractivity contribution in [2.24, 2.45) is 5.92 Å². The Bertz CT molecular complexity index is 1060. The lowest BCUT2D eigenvalue weighted by Crippen LogP contribution is -2.05. The van der Waals surface area contributed by atoms with E-state index in [1.54, 1.807) is 6.20 Å². The van der Waals surface area contributed by atoms with Gasteiger partial charge in [0.05, 0.1) is 0 Å². The summed E-state index contributed by atoms with van der Waals surface area (Å²) in [6.45, 7) is 0.659. The van der Waals surface area contributed by atoms with E-state index in [1.165, 1.54) is 29.5 Å². The lowest BCUT2D eigenvalue weighted by Gasteiger charge is -2.08. The summed E-state index contributed by atoms with van der Waals surface area (Å²) in [7, 11) is 0. The Morgan fingerprint density at radius 1 is 1.11 bits per heavy atom. The van der Waals surface area contributed by atoms with Gasteiger partial charge in [-0.2, -0.15) is 10.1 Å². The van der Waals surface area contributed by atoms with Crippen molar-refractivity contribution in [2.45, 2.75) is 25.8 Å². The van der Waals surface area contributed by atoms with Gasteiger partial charge in [0.15, 0.2) is 5.82 Å². The molecule has 0 atom stereocenters. The van der Waals surface area contributed by atoms with E-state index in [-0.39, 0.29) is 0 Å². The number of aromatic amines is 2. The molecule has 0 aliphatic heterocycles. The Balaban J connectivity index is 1.26. The number of hydrogen-bond donors (Lipinski definition) is 4. The normalized spacial score (nSPS) is 13.8. The van der Waals surface area contributed by atoms with Crippen LogP contribution in [0.4, 0.5) is 17.6 Å². The molecule has 0 radical (unpaired) electrons. The van der Waals surface area contributed by atoms with E-state index < -0.39 is 0 Å². The van der Waals surface area contributed by atoms with Gasteiger partial charge in [-0.1, -0.05) is 12.1 Å². The van der Waals surface area contributed by atoms with Crippen LogP contribution in [0.25, 0.3) is 10.9 Å². The molecule has 1 aliphatic carbocycles. The summed E-state index contributed by atoms with van der Waals surface area (Å²) in [5.41, 5.74) is 3.51. The monoisotopic (exact) mass is 359 g/mol. The van der Waals surface area contributed by atoms with E-state index in [1.807, 2.05) is 18.3 Å². The van der Waals surface area contributed by atoms with Gasteiger partial charge in [0, 0.05) is 41.6 Å². The molecule has 5 rings (SSSR count). The molecule has 4 aromatic rings. The summed E-state index contributed by atoms with van der Waals surface area (Å²) in [4.78, 5) is 12.1. The number of benzene rings is 1. The average molecular weight is 359 g/mol. The summed E-state index contributed by atoms with van der Waals surface area (Å²) in [6.07, 6.45) is 7.44. The maximum Gasteiger partial charge on any atom is 0.224 e. The van der Waals surface area contributed by atoms with Crippen molar-refractivity contribution in [1.82, 2.24) is 25.1 Å². The third-order valence-corrected chi connectivity index (χ3v) is 4.87. The topological polar surface area (TPSA) is 94.3 Å². The highest BCUT2D eigenvalue weighted by Gasteiger charge is 2.22. The molecular weight excluding hydrogens is 338 g/mol. The molecular formula is C20H21N7. The fraction of sp³-hybridized carbons (Fsp3) is 0.250. The van der Waals surface area contributed by atoms with Crippen LogP contribution in [0.5, 0.6) is 0 Å². The van der Waals surface area contributed by atoms with Gasteiger partial charge in [-0.3, -0.25) is 5.10 Å². The average Bonchev–Trinajstić information content (AvgIpc) is 3.17. The standard InChI is InChI=1S/C20H21N7/c1-2-14(16-6-8-21-17(16)3-1)12-23-20-22-9-7-18(25-20)24-19-11-15(26-27-19)10-13-4-5-13/h1-3,6-9,11,13,21H,4-5,10,12H2,(H3,22,23,24,25,26,27). The molecule has 1 fully saturated rings. The number of aromatic nitrogens is 5. The number of H-pyrrole nitrogens is 2. The minimum atomic E-state index is 0.585. The minimum absolute atomic E-state index is 0.585. The first-order valence-corrected chi connectivity index (χ1v) is 9.27. The molecule has 0 bridgehead atoms. The molecule has 4 N–H and O–H groups in total. The van der Waals surface area contributed by atoms with Crippen LogP contribution in [0.15, 0.2) is 48.8 Å². The zero-order chi connectivity index (χ0) is 18.1. The fourth-order valence-corrected chi connectivity index (χ4v) is 3.29. The highest BCUT2D eigenvalue weighted by atomic mass is 15.2. The molecule has 27 heavy (non-hydrogen) atoms. The zero-order valence-electron chi connectivity index (χ0n) is 14.9. The molecule has 1 saturated carbocycles. The quantitative estimate of drug-likeness (QED) is 0.400. The van der Waals surface area contributed by atoms with Crippen LogP contribution in [0.1, 0.15) is 24.1 Å². The van der Waals surface area contributed by atoms with Gasteiger partial charge >= 0.3 is 0 Å². The van der Waals surface area contributed by atoms with Crippen molar-refractivity contribution in [2.75, 3.05) is 10.6 Å². The molecule has 0 saturated heterocycles. The number of nitrogens with one attached hydrogen (secondary N) is 4. The highest BCUT2D eigenvalue weighted by Crippen LogP contribution is 2.32. The number of fused-ring (bicyclic) bond motifs is 1. The van der Waals surface area contributed by atoms with Crippen molar-refractivity contribution in [3.8, 4) is 0 Å². The van der Waals surface area contributed by atoms with Crippen LogP contribution < -0.4 is 10.6 Å². The molecule has 1 aromatic carbocycles. The number of hydrogen-bond acceptors (Lipinski definition) is 5. The Labute approximate surface area is 156 Å². The predicted octanol–water partition coefficient (Wildman–Crippen LogP) is 3.99. The van der Waals surface area contributed by atoms with Crippen LogP contribution in [0.3, 0.4) is 0 Å². The van der Waals surface area contributed by atoms with Crippen molar-refractivity contribution >= 4 is 28.5 Å². The summed E-state index contributed by atoms with van der Waals surface area (Å²) < 4.78 is 0. The van der Waals surface area contributed by atoms with E-state index in [9.17, 15) is 0 Å². The first-order chi connectivity index (χ1) is 13.3. The SMILES string of the molecule is c1cc(CNc2nccc(Nc3cc(CC4CC4)[nH]n3)n2)c2cc[nH]c2c1. The van der Waals surface area contributed by atoms with Gasteiger partial charge in [0.1, 0.15) is 5.82 Å². The van der Waals surface area contributed by atoms with E-state index in [0.29, 0.717) is 12.5 Å². The zero-order valence-corrected chi connectivity index (χ0v) is 14.9. The largest absolute Gasteiger partial charge is 0.361 e. The van der Waals surface area contributed by atoms with Crippen LogP contribution in [-0.2, 0) is 13.0 Å². The van der Waals surface area contributed by atoms with Gasteiger partial charge in [0.25, 0.3) is 0 Å². The summed E-state index contributed by atoms with van der Waals surface area (Å²) in [5, 5.41) is 15.2. The number of nitrogens with zero attached hydrogens (tertiary/aromatic N) is 3. The third kappa shape index (κ3) is 3.62. The fourth-order valence-electron chi connectivity index (χ4n) is 3.29. The van der Waals surface area contributed by atoms with E-state index in [4.69, 9.17) is 0 Å². The van der Waals surface area contributed by atoms with E-state index in [2.05, 4.69) is 60.0 Å². The van der Waals surface area contributed by atoms with E-state index >= 15 is 0 Å². The molecule has 3 heterocycles.